The molecule has 3 saturated heterocycles. The molecule has 132 valence electrons. The third-order valence-corrected chi connectivity index (χ3v) is 9.65. The first-order valence-electron chi connectivity index (χ1n) is 8.44. The molecule has 0 atom stereocenters. The molecule has 0 aromatic heterocycles. The highest BCUT2D eigenvalue weighted by Gasteiger charge is 2.41. The van der Waals surface area contributed by atoms with Gasteiger partial charge in [-0.3, -0.25) is 0 Å². The summed E-state index contributed by atoms with van der Waals surface area (Å²) in [6, 6.07) is 0. The van der Waals surface area contributed by atoms with E-state index < -0.39 is 10.3 Å². The van der Waals surface area contributed by atoms with E-state index in [9.17, 15) is 0 Å². The van der Waals surface area contributed by atoms with Crippen molar-refractivity contribution in [3.63, 3.8) is 0 Å². The zero-order valence-corrected chi connectivity index (χ0v) is 17.2. The second-order valence-electron chi connectivity index (χ2n) is 6.45. The maximum atomic E-state index is 6.29. The van der Waals surface area contributed by atoms with Gasteiger partial charge in [0.2, 0.25) is 3.79 Å². The van der Waals surface area contributed by atoms with Gasteiger partial charge in [-0.2, -0.15) is 0 Å². The number of nitrogens with zero attached hydrogens (tertiary/aromatic N) is 4. The highest BCUT2D eigenvalue weighted by molar-refractivity contribution is 8.11. The second kappa shape index (κ2) is 7.65. The third kappa shape index (κ3) is 4.19. The summed E-state index contributed by atoms with van der Waals surface area (Å²) in [6.07, 6.45) is 7.00. The average Bonchev–Trinajstić information content (AvgIpc) is 3.27. The SMILES string of the molecule is S=P(/N=C(\N1CCCC1)C(Cl)(Cl)Cl)(N1CCCC1)N1CCCC1. The van der Waals surface area contributed by atoms with Crippen molar-refractivity contribution in [2.45, 2.75) is 42.3 Å². The van der Waals surface area contributed by atoms with Gasteiger partial charge in [0, 0.05) is 39.3 Å². The van der Waals surface area contributed by atoms with Gasteiger partial charge in [0.15, 0.2) is 12.3 Å². The summed E-state index contributed by atoms with van der Waals surface area (Å²) in [5.74, 6) is 0.571. The number of hydrogen-bond acceptors (Lipinski definition) is 1. The zero-order chi connectivity index (χ0) is 16.5. The maximum absolute atomic E-state index is 6.29. The molecule has 3 aliphatic rings. The van der Waals surface area contributed by atoms with Crippen LogP contribution >= 0.6 is 41.3 Å². The minimum atomic E-state index is -2.23. The van der Waals surface area contributed by atoms with E-state index in [0.717, 1.165) is 52.1 Å². The quantitative estimate of drug-likeness (QED) is 0.296. The lowest BCUT2D eigenvalue weighted by molar-refractivity contribution is 0.468. The molecule has 3 rings (SSSR count). The number of likely N-dealkylation sites (tertiary alicyclic amines) is 1. The van der Waals surface area contributed by atoms with Crippen molar-refractivity contribution in [3.8, 4) is 0 Å². The van der Waals surface area contributed by atoms with Crippen LogP contribution in [0.5, 0.6) is 0 Å². The first kappa shape index (κ1) is 18.7. The van der Waals surface area contributed by atoms with Gasteiger partial charge in [0.25, 0.3) is 0 Å². The van der Waals surface area contributed by atoms with Crippen molar-refractivity contribution in [2.24, 2.45) is 4.76 Å². The van der Waals surface area contributed by atoms with Crippen LogP contribution in [0, 0.1) is 0 Å². The Hall–Kier alpha value is 0.910. The van der Waals surface area contributed by atoms with Crippen LogP contribution in [0.3, 0.4) is 0 Å². The van der Waals surface area contributed by atoms with Crippen molar-refractivity contribution in [1.29, 1.82) is 0 Å². The molecule has 9 heteroatoms. The summed E-state index contributed by atoms with van der Waals surface area (Å²) in [7, 11) is 0. The first-order chi connectivity index (χ1) is 10.9. The topological polar surface area (TPSA) is 22.1 Å². The van der Waals surface area contributed by atoms with Gasteiger partial charge in [-0.15, -0.1) is 0 Å². The fourth-order valence-corrected chi connectivity index (χ4v) is 8.19. The van der Waals surface area contributed by atoms with E-state index in [0.29, 0.717) is 5.84 Å². The van der Waals surface area contributed by atoms with Gasteiger partial charge in [0.1, 0.15) is 0 Å². The number of amidine groups is 1. The fraction of sp³-hybridized carbons (Fsp3) is 0.929. The lowest BCUT2D eigenvalue weighted by atomic mass is 10.4. The van der Waals surface area contributed by atoms with Gasteiger partial charge < -0.3 is 4.90 Å². The Kier molecular flexibility index (Phi) is 6.22. The molecule has 0 aromatic carbocycles. The van der Waals surface area contributed by atoms with Crippen molar-refractivity contribution in [3.05, 3.63) is 0 Å². The van der Waals surface area contributed by atoms with Crippen LogP contribution in [-0.2, 0) is 11.8 Å². The van der Waals surface area contributed by atoms with Crippen LogP contribution in [0.2, 0.25) is 0 Å². The van der Waals surface area contributed by atoms with Crippen LogP contribution in [0.4, 0.5) is 0 Å². The van der Waals surface area contributed by atoms with E-state index in [-0.39, 0.29) is 0 Å². The van der Waals surface area contributed by atoms with E-state index >= 15 is 0 Å². The Bertz CT molecular complexity index is 473. The predicted molar refractivity (Wildman–Crippen MR) is 104 cm³/mol. The van der Waals surface area contributed by atoms with Gasteiger partial charge in [-0.05, 0) is 50.3 Å². The Labute approximate surface area is 159 Å². The summed E-state index contributed by atoms with van der Waals surface area (Å²) in [5, 5.41) is 0. The smallest absolute Gasteiger partial charge is 0.247 e. The monoisotopic (exact) mass is 416 g/mol. The van der Waals surface area contributed by atoms with E-state index in [4.69, 9.17) is 51.4 Å². The van der Waals surface area contributed by atoms with E-state index in [2.05, 4.69) is 14.2 Å². The number of alkyl halides is 3. The molecule has 0 radical (unpaired) electrons. The Morgan fingerprint density at radius 3 is 1.57 bits per heavy atom. The number of hydrogen-bond donors (Lipinski definition) is 0. The lowest BCUT2D eigenvalue weighted by Gasteiger charge is -2.37. The average molecular weight is 418 g/mol. The summed E-state index contributed by atoms with van der Waals surface area (Å²) in [5.41, 5.74) is 0. The molecule has 3 heterocycles. The molecule has 0 unspecified atom stereocenters. The highest BCUT2D eigenvalue weighted by Crippen LogP contribution is 2.59. The number of rotatable bonds is 3. The predicted octanol–water partition coefficient (Wildman–Crippen LogP) is 4.27. The lowest BCUT2D eigenvalue weighted by Crippen LogP contribution is -2.39. The van der Waals surface area contributed by atoms with Crippen LogP contribution < -0.4 is 0 Å². The van der Waals surface area contributed by atoms with E-state index in [1.165, 1.54) is 25.7 Å². The van der Waals surface area contributed by atoms with Gasteiger partial charge in [-0.25, -0.2) is 14.1 Å². The van der Waals surface area contributed by atoms with Gasteiger partial charge in [0.05, 0.1) is 0 Å². The Morgan fingerprint density at radius 2 is 1.17 bits per heavy atom. The zero-order valence-electron chi connectivity index (χ0n) is 13.3. The normalized spacial score (nSPS) is 25.7. The van der Waals surface area contributed by atoms with Crippen LogP contribution in [0.1, 0.15) is 38.5 Å². The van der Waals surface area contributed by atoms with E-state index in [1.807, 2.05) is 0 Å². The van der Waals surface area contributed by atoms with Crippen molar-refractivity contribution >= 4 is 58.9 Å². The Morgan fingerprint density at radius 1 is 0.783 bits per heavy atom. The second-order valence-corrected chi connectivity index (χ2v) is 12.6. The molecule has 0 aromatic rings. The molecule has 3 aliphatic heterocycles. The first-order valence-corrected chi connectivity index (χ1v) is 12.2. The van der Waals surface area contributed by atoms with Crippen LogP contribution in [0.25, 0.3) is 0 Å². The van der Waals surface area contributed by atoms with Gasteiger partial charge >= 0.3 is 0 Å². The molecule has 0 aliphatic carbocycles. The summed E-state index contributed by atoms with van der Waals surface area (Å²) in [4.78, 5) is 2.13. The van der Waals surface area contributed by atoms with Gasteiger partial charge in [-0.1, -0.05) is 34.8 Å². The van der Waals surface area contributed by atoms with Crippen molar-refractivity contribution < 1.29 is 0 Å². The third-order valence-electron chi connectivity index (χ3n) is 4.79. The van der Waals surface area contributed by atoms with Crippen LogP contribution in [-0.4, -0.2) is 63.1 Å². The summed E-state index contributed by atoms with van der Waals surface area (Å²) < 4.78 is 8.32. The Balaban J connectivity index is 1.97. The number of halogens is 3. The molecular formula is C14H24Cl3N4PS. The minimum Gasteiger partial charge on any atom is -0.356 e. The largest absolute Gasteiger partial charge is 0.356 e. The molecule has 0 amide bonds. The maximum Gasteiger partial charge on any atom is 0.247 e. The van der Waals surface area contributed by atoms with Crippen molar-refractivity contribution in [2.75, 3.05) is 39.3 Å². The minimum absolute atomic E-state index is 0.571. The summed E-state index contributed by atoms with van der Waals surface area (Å²) >= 11 is 25.0. The molecular weight excluding hydrogens is 394 g/mol. The van der Waals surface area contributed by atoms with Crippen LogP contribution in [0.15, 0.2) is 4.76 Å². The molecule has 0 spiro atoms. The molecule has 3 fully saturated rings. The molecule has 4 nitrogen and oxygen atoms in total. The molecule has 0 bridgehead atoms. The van der Waals surface area contributed by atoms with Crippen molar-refractivity contribution in [1.82, 2.24) is 14.2 Å². The standard InChI is InChI=1S/C14H24Cl3N4PS/c15-14(16,17)13(19-7-1-2-8-19)18-22(23,20-9-3-4-10-20)21-11-5-6-12-21/h1-12H2/b18-13-. The molecule has 0 saturated carbocycles. The fourth-order valence-electron chi connectivity index (χ4n) is 3.58. The highest BCUT2D eigenvalue weighted by atomic mass is 35.6. The molecule has 0 N–H and O–H groups in total. The molecule has 23 heavy (non-hydrogen) atoms. The van der Waals surface area contributed by atoms with E-state index in [1.54, 1.807) is 0 Å². The summed E-state index contributed by atoms with van der Waals surface area (Å²) in [6.45, 7) is 3.66.